The van der Waals surface area contributed by atoms with Crippen molar-refractivity contribution in [3.05, 3.63) is 29.3 Å². The summed E-state index contributed by atoms with van der Waals surface area (Å²) >= 11 is 5.01. The van der Waals surface area contributed by atoms with Gasteiger partial charge in [0.2, 0.25) is 0 Å². The number of anilines is 1. The van der Waals surface area contributed by atoms with E-state index in [1.807, 2.05) is 6.07 Å². The average molecular weight is 248 g/mol. The molecule has 0 radical (unpaired) electrons. The summed E-state index contributed by atoms with van der Waals surface area (Å²) in [5.74, 6) is 0. The van der Waals surface area contributed by atoms with Crippen LogP contribution >= 0.6 is 12.2 Å². The Morgan fingerprint density at radius 2 is 2.18 bits per heavy atom. The lowest BCUT2D eigenvalue weighted by atomic mass is 10.1. The van der Waals surface area contributed by atoms with Gasteiger partial charge in [-0.1, -0.05) is 19.1 Å². The molecule has 0 unspecified atom stereocenters. The number of aryl methyl sites for hydroxylation is 1. The third kappa shape index (κ3) is 2.78. The van der Waals surface area contributed by atoms with Crippen LogP contribution in [0.2, 0.25) is 0 Å². The molecule has 0 bridgehead atoms. The molecule has 0 spiro atoms. The molecule has 0 heterocycles. The minimum atomic E-state index is 0.480. The molecule has 2 N–H and O–H groups in total. The molecule has 1 aromatic carbocycles. The van der Waals surface area contributed by atoms with E-state index in [1.165, 1.54) is 30.5 Å². The third-order valence-corrected chi connectivity index (χ3v) is 3.48. The lowest BCUT2D eigenvalue weighted by Gasteiger charge is -2.26. The van der Waals surface area contributed by atoms with Gasteiger partial charge in [-0.2, -0.15) is 0 Å². The van der Waals surface area contributed by atoms with Crippen LogP contribution in [0, 0.1) is 6.92 Å². The highest BCUT2D eigenvalue weighted by Crippen LogP contribution is 2.33. The topological polar surface area (TPSA) is 29.3 Å². The summed E-state index contributed by atoms with van der Waals surface area (Å²) in [6, 6.07) is 7.06. The largest absolute Gasteiger partial charge is 0.389 e. The lowest BCUT2D eigenvalue weighted by Crippen LogP contribution is -2.27. The summed E-state index contributed by atoms with van der Waals surface area (Å²) in [5, 5.41) is 0. The van der Waals surface area contributed by atoms with Gasteiger partial charge in [0.15, 0.2) is 0 Å². The van der Waals surface area contributed by atoms with Crippen molar-refractivity contribution in [1.29, 1.82) is 0 Å². The van der Waals surface area contributed by atoms with E-state index in [4.69, 9.17) is 18.0 Å². The second-order valence-electron chi connectivity index (χ2n) is 4.79. The van der Waals surface area contributed by atoms with Crippen molar-refractivity contribution >= 4 is 22.9 Å². The van der Waals surface area contributed by atoms with Gasteiger partial charge in [-0.3, -0.25) is 0 Å². The molecule has 2 rings (SSSR count). The van der Waals surface area contributed by atoms with Crippen molar-refractivity contribution < 1.29 is 0 Å². The first-order valence-electron chi connectivity index (χ1n) is 6.30. The molecule has 1 aliphatic rings. The minimum absolute atomic E-state index is 0.480. The number of benzene rings is 1. The first kappa shape index (κ1) is 12.4. The van der Waals surface area contributed by atoms with Crippen LogP contribution in [-0.4, -0.2) is 17.6 Å². The molecule has 0 aromatic heterocycles. The van der Waals surface area contributed by atoms with Gasteiger partial charge in [0.1, 0.15) is 4.99 Å². The Morgan fingerprint density at radius 3 is 2.65 bits per heavy atom. The van der Waals surface area contributed by atoms with E-state index in [9.17, 15) is 0 Å². The van der Waals surface area contributed by atoms with Crippen LogP contribution in [0.1, 0.15) is 37.3 Å². The molecule has 92 valence electrons. The highest BCUT2D eigenvalue weighted by atomic mass is 32.1. The number of hydrogen-bond donors (Lipinski definition) is 1. The van der Waals surface area contributed by atoms with Crippen molar-refractivity contribution in [2.24, 2.45) is 5.73 Å². The van der Waals surface area contributed by atoms with E-state index in [1.54, 1.807) is 0 Å². The highest BCUT2D eigenvalue weighted by molar-refractivity contribution is 7.80. The molecule has 1 saturated carbocycles. The van der Waals surface area contributed by atoms with Gasteiger partial charge in [0.05, 0.1) is 0 Å². The number of thiocarbonyl (C=S) groups is 1. The Labute approximate surface area is 109 Å². The molecule has 1 aliphatic carbocycles. The van der Waals surface area contributed by atoms with Crippen molar-refractivity contribution in [2.75, 3.05) is 11.4 Å². The van der Waals surface area contributed by atoms with Crippen LogP contribution in [0.15, 0.2) is 18.2 Å². The fraction of sp³-hybridized carbons (Fsp3) is 0.500. The quantitative estimate of drug-likeness (QED) is 0.812. The second kappa shape index (κ2) is 5.05. The Balaban J connectivity index is 2.27. The van der Waals surface area contributed by atoms with Gasteiger partial charge in [0, 0.05) is 23.8 Å². The number of hydrogen-bond acceptors (Lipinski definition) is 2. The van der Waals surface area contributed by atoms with Crippen LogP contribution < -0.4 is 10.6 Å². The second-order valence-corrected chi connectivity index (χ2v) is 5.23. The first-order chi connectivity index (χ1) is 8.13. The SMILES string of the molecule is CCCN(c1ccc(C(N)=S)cc1C)C1CC1. The normalized spacial score (nSPS) is 14.7. The van der Waals surface area contributed by atoms with E-state index in [-0.39, 0.29) is 0 Å². The van der Waals surface area contributed by atoms with Gasteiger partial charge in [-0.15, -0.1) is 0 Å². The van der Waals surface area contributed by atoms with Gasteiger partial charge in [0.25, 0.3) is 0 Å². The van der Waals surface area contributed by atoms with Gasteiger partial charge in [-0.05, 0) is 49.9 Å². The smallest absolute Gasteiger partial charge is 0.103 e. The number of nitrogens with two attached hydrogens (primary N) is 1. The molecule has 1 fully saturated rings. The number of nitrogens with zero attached hydrogens (tertiary/aromatic N) is 1. The Bertz CT molecular complexity index is 424. The maximum Gasteiger partial charge on any atom is 0.103 e. The van der Waals surface area contributed by atoms with E-state index in [0.29, 0.717) is 4.99 Å². The van der Waals surface area contributed by atoms with Crippen molar-refractivity contribution in [3.8, 4) is 0 Å². The molecule has 17 heavy (non-hydrogen) atoms. The van der Waals surface area contributed by atoms with Gasteiger partial charge in [-0.25, -0.2) is 0 Å². The summed E-state index contributed by atoms with van der Waals surface area (Å²) in [6.45, 7) is 5.51. The van der Waals surface area contributed by atoms with E-state index >= 15 is 0 Å². The van der Waals surface area contributed by atoms with E-state index < -0.39 is 0 Å². The van der Waals surface area contributed by atoms with Crippen LogP contribution in [-0.2, 0) is 0 Å². The first-order valence-corrected chi connectivity index (χ1v) is 6.71. The van der Waals surface area contributed by atoms with Gasteiger partial charge >= 0.3 is 0 Å². The van der Waals surface area contributed by atoms with Crippen molar-refractivity contribution in [3.63, 3.8) is 0 Å². The number of rotatable bonds is 5. The fourth-order valence-corrected chi connectivity index (χ4v) is 2.38. The minimum Gasteiger partial charge on any atom is -0.389 e. The van der Waals surface area contributed by atoms with Crippen LogP contribution in [0.25, 0.3) is 0 Å². The van der Waals surface area contributed by atoms with E-state index in [2.05, 4.69) is 30.9 Å². The molecule has 0 amide bonds. The summed E-state index contributed by atoms with van der Waals surface area (Å²) in [5.41, 5.74) is 9.24. The molecular formula is C14H20N2S. The molecule has 3 heteroatoms. The summed E-state index contributed by atoms with van der Waals surface area (Å²) in [4.78, 5) is 3.01. The summed E-state index contributed by atoms with van der Waals surface area (Å²) < 4.78 is 0. The maximum absolute atomic E-state index is 5.66. The molecule has 2 nitrogen and oxygen atoms in total. The van der Waals surface area contributed by atoms with Crippen molar-refractivity contribution in [1.82, 2.24) is 0 Å². The highest BCUT2D eigenvalue weighted by Gasteiger charge is 2.29. The molecular weight excluding hydrogens is 228 g/mol. The van der Waals surface area contributed by atoms with Crippen LogP contribution in [0.4, 0.5) is 5.69 Å². The summed E-state index contributed by atoms with van der Waals surface area (Å²) in [7, 11) is 0. The lowest BCUT2D eigenvalue weighted by molar-refractivity contribution is 0.760. The van der Waals surface area contributed by atoms with Crippen LogP contribution in [0.5, 0.6) is 0 Å². The zero-order valence-electron chi connectivity index (χ0n) is 10.6. The predicted octanol–water partition coefficient (Wildman–Crippen LogP) is 3.01. The molecule has 1 aromatic rings. The zero-order valence-corrected chi connectivity index (χ0v) is 11.4. The monoisotopic (exact) mass is 248 g/mol. The Hall–Kier alpha value is -1.09. The molecule has 0 atom stereocenters. The van der Waals surface area contributed by atoms with Crippen molar-refractivity contribution in [2.45, 2.75) is 39.2 Å². The Kier molecular flexibility index (Phi) is 3.67. The molecule has 0 saturated heterocycles. The third-order valence-electron chi connectivity index (χ3n) is 3.24. The van der Waals surface area contributed by atoms with Crippen LogP contribution in [0.3, 0.4) is 0 Å². The fourth-order valence-electron chi connectivity index (χ4n) is 2.26. The molecule has 0 aliphatic heterocycles. The predicted molar refractivity (Wildman–Crippen MR) is 77.7 cm³/mol. The van der Waals surface area contributed by atoms with Gasteiger partial charge < -0.3 is 10.6 Å². The standard InChI is InChI=1S/C14H20N2S/c1-3-8-16(12-5-6-12)13-7-4-11(14(15)17)9-10(13)2/h4,7,9,12H,3,5-6,8H2,1-2H3,(H2,15,17). The maximum atomic E-state index is 5.66. The Morgan fingerprint density at radius 1 is 1.47 bits per heavy atom. The zero-order chi connectivity index (χ0) is 12.4. The van der Waals surface area contributed by atoms with E-state index in [0.717, 1.165) is 18.2 Å². The summed E-state index contributed by atoms with van der Waals surface area (Å²) in [6.07, 6.45) is 3.85. The average Bonchev–Trinajstić information content (AvgIpc) is 3.10.